The van der Waals surface area contributed by atoms with Crippen molar-refractivity contribution < 1.29 is 9.47 Å². The van der Waals surface area contributed by atoms with E-state index in [1.807, 2.05) is 0 Å². The standard InChI is InChI=1S/C21H34N4O2/c1-4-22-21(23-12-17-7-9-25(3)14-17)24-13-18-6-5-16(2)11-20(18)27-19-8-10-26-15-19/h5-6,11,17,19H,4,7-10,12-15H2,1-3H3,(H2,22,23,24). The van der Waals surface area contributed by atoms with Crippen LogP contribution >= 0.6 is 0 Å². The molecule has 0 amide bonds. The minimum atomic E-state index is 0.153. The largest absolute Gasteiger partial charge is 0.488 e. The van der Waals surface area contributed by atoms with Gasteiger partial charge in [-0.2, -0.15) is 0 Å². The molecule has 150 valence electrons. The molecule has 2 atom stereocenters. The first-order valence-corrected chi connectivity index (χ1v) is 10.2. The van der Waals surface area contributed by atoms with Gasteiger partial charge in [-0.3, -0.25) is 0 Å². The highest BCUT2D eigenvalue weighted by atomic mass is 16.5. The summed E-state index contributed by atoms with van der Waals surface area (Å²) in [5, 5.41) is 6.87. The van der Waals surface area contributed by atoms with Gasteiger partial charge in [0.15, 0.2) is 5.96 Å². The second-order valence-corrected chi connectivity index (χ2v) is 7.71. The number of benzene rings is 1. The van der Waals surface area contributed by atoms with Gasteiger partial charge >= 0.3 is 0 Å². The van der Waals surface area contributed by atoms with Crippen LogP contribution in [0.15, 0.2) is 23.2 Å². The maximum absolute atomic E-state index is 6.19. The highest BCUT2D eigenvalue weighted by Crippen LogP contribution is 2.24. The average molecular weight is 375 g/mol. The van der Waals surface area contributed by atoms with Crippen molar-refractivity contribution >= 4 is 5.96 Å². The first-order valence-electron chi connectivity index (χ1n) is 10.2. The molecule has 27 heavy (non-hydrogen) atoms. The molecule has 2 unspecified atom stereocenters. The zero-order valence-corrected chi connectivity index (χ0v) is 17.0. The molecule has 1 aromatic carbocycles. The van der Waals surface area contributed by atoms with Gasteiger partial charge in [0.05, 0.1) is 19.8 Å². The number of nitrogens with one attached hydrogen (secondary N) is 2. The Morgan fingerprint density at radius 2 is 2.22 bits per heavy atom. The molecule has 6 nitrogen and oxygen atoms in total. The number of ether oxygens (including phenoxy) is 2. The van der Waals surface area contributed by atoms with E-state index in [0.717, 1.165) is 49.9 Å². The van der Waals surface area contributed by atoms with E-state index in [0.29, 0.717) is 19.1 Å². The van der Waals surface area contributed by atoms with Crippen LogP contribution in [0.5, 0.6) is 5.75 Å². The zero-order chi connectivity index (χ0) is 19.1. The molecular formula is C21H34N4O2. The Balaban J connectivity index is 1.62. The summed E-state index contributed by atoms with van der Waals surface area (Å²) in [6.45, 7) is 10.4. The van der Waals surface area contributed by atoms with Gasteiger partial charge in [-0.1, -0.05) is 12.1 Å². The predicted molar refractivity (Wildman–Crippen MR) is 109 cm³/mol. The van der Waals surface area contributed by atoms with Crippen LogP contribution in [0.25, 0.3) is 0 Å². The van der Waals surface area contributed by atoms with Crippen LogP contribution in [0.2, 0.25) is 0 Å². The van der Waals surface area contributed by atoms with Crippen molar-refractivity contribution in [2.75, 3.05) is 46.4 Å². The summed E-state index contributed by atoms with van der Waals surface area (Å²) >= 11 is 0. The van der Waals surface area contributed by atoms with Crippen LogP contribution in [-0.2, 0) is 11.3 Å². The van der Waals surface area contributed by atoms with Crippen molar-refractivity contribution in [3.05, 3.63) is 29.3 Å². The van der Waals surface area contributed by atoms with Gasteiger partial charge in [0.25, 0.3) is 0 Å². The highest BCUT2D eigenvalue weighted by molar-refractivity contribution is 5.79. The van der Waals surface area contributed by atoms with Gasteiger partial charge in [-0.05, 0) is 51.4 Å². The lowest BCUT2D eigenvalue weighted by molar-refractivity contribution is 0.140. The summed E-state index contributed by atoms with van der Waals surface area (Å²) in [6, 6.07) is 6.36. The monoisotopic (exact) mass is 374 g/mol. The van der Waals surface area contributed by atoms with Crippen molar-refractivity contribution in [1.29, 1.82) is 0 Å². The molecule has 2 aliphatic rings. The topological polar surface area (TPSA) is 58.1 Å². The first-order chi connectivity index (χ1) is 13.1. The summed E-state index contributed by atoms with van der Waals surface area (Å²) in [5.74, 6) is 2.50. The number of nitrogens with zero attached hydrogens (tertiary/aromatic N) is 2. The molecular weight excluding hydrogens is 340 g/mol. The van der Waals surface area contributed by atoms with Crippen molar-refractivity contribution in [2.24, 2.45) is 10.9 Å². The van der Waals surface area contributed by atoms with Gasteiger partial charge < -0.3 is 25.0 Å². The van der Waals surface area contributed by atoms with Crippen LogP contribution in [0, 0.1) is 12.8 Å². The number of likely N-dealkylation sites (tertiary alicyclic amines) is 1. The summed E-state index contributed by atoms with van der Waals surface area (Å²) in [6.07, 6.45) is 2.36. The molecule has 0 aliphatic carbocycles. The molecule has 2 aliphatic heterocycles. The fourth-order valence-electron chi connectivity index (χ4n) is 3.63. The van der Waals surface area contributed by atoms with Crippen molar-refractivity contribution in [3.8, 4) is 5.75 Å². The number of hydrogen-bond donors (Lipinski definition) is 2. The Bertz CT molecular complexity index is 629. The van der Waals surface area contributed by atoms with E-state index in [9.17, 15) is 0 Å². The normalized spacial score (nSPS) is 23.6. The van der Waals surface area contributed by atoms with Crippen molar-refractivity contribution in [1.82, 2.24) is 15.5 Å². The average Bonchev–Trinajstić information content (AvgIpc) is 3.30. The van der Waals surface area contributed by atoms with E-state index in [-0.39, 0.29) is 6.10 Å². The van der Waals surface area contributed by atoms with E-state index >= 15 is 0 Å². The Morgan fingerprint density at radius 1 is 1.33 bits per heavy atom. The molecule has 0 saturated carbocycles. The molecule has 6 heteroatoms. The Labute approximate surface area is 163 Å². The van der Waals surface area contributed by atoms with Crippen LogP contribution in [0.4, 0.5) is 0 Å². The second kappa shape index (κ2) is 9.95. The zero-order valence-electron chi connectivity index (χ0n) is 17.0. The molecule has 2 saturated heterocycles. The van der Waals surface area contributed by atoms with E-state index in [1.165, 1.54) is 18.5 Å². The highest BCUT2D eigenvalue weighted by Gasteiger charge is 2.20. The molecule has 0 radical (unpaired) electrons. The van der Waals surface area contributed by atoms with E-state index in [2.05, 4.69) is 54.6 Å². The van der Waals surface area contributed by atoms with Crippen molar-refractivity contribution in [3.63, 3.8) is 0 Å². The SMILES string of the molecule is CCNC(=NCc1ccc(C)cc1OC1CCOC1)NCC1CCN(C)C1. The summed E-state index contributed by atoms with van der Waals surface area (Å²) in [7, 11) is 2.19. The van der Waals surface area contributed by atoms with Gasteiger partial charge in [0, 0.05) is 31.6 Å². The van der Waals surface area contributed by atoms with Crippen LogP contribution < -0.4 is 15.4 Å². The Morgan fingerprint density at radius 3 is 2.93 bits per heavy atom. The van der Waals surface area contributed by atoms with Crippen molar-refractivity contribution in [2.45, 2.75) is 39.3 Å². The number of rotatable bonds is 7. The predicted octanol–water partition coefficient (Wildman–Crippen LogP) is 2.17. The minimum absolute atomic E-state index is 0.153. The smallest absolute Gasteiger partial charge is 0.191 e. The van der Waals surface area contributed by atoms with Gasteiger partial charge in [-0.25, -0.2) is 4.99 Å². The second-order valence-electron chi connectivity index (χ2n) is 7.71. The van der Waals surface area contributed by atoms with Gasteiger partial charge in [0.1, 0.15) is 11.9 Å². The van der Waals surface area contributed by atoms with E-state index in [1.54, 1.807) is 0 Å². The first kappa shape index (κ1) is 20.0. The fraction of sp³-hybridized carbons (Fsp3) is 0.667. The molecule has 3 rings (SSSR count). The van der Waals surface area contributed by atoms with Crippen LogP contribution in [0.3, 0.4) is 0 Å². The van der Waals surface area contributed by atoms with E-state index < -0.39 is 0 Å². The van der Waals surface area contributed by atoms with E-state index in [4.69, 9.17) is 14.5 Å². The number of aryl methyl sites for hydroxylation is 1. The summed E-state index contributed by atoms with van der Waals surface area (Å²) < 4.78 is 11.6. The maximum Gasteiger partial charge on any atom is 0.191 e. The lowest BCUT2D eigenvalue weighted by Crippen LogP contribution is -2.40. The number of guanidine groups is 1. The lowest BCUT2D eigenvalue weighted by Gasteiger charge is -2.17. The third kappa shape index (κ3) is 6.11. The quantitative estimate of drug-likeness (QED) is 0.566. The number of hydrogen-bond acceptors (Lipinski definition) is 4. The molecule has 0 spiro atoms. The maximum atomic E-state index is 6.19. The Kier molecular flexibility index (Phi) is 7.35. The van der Waals surface area contributed by atoms with Crippen LogP contribution in [-0.4, -0.2) is 63.4 Å². The third-order valence-corrected chi connectivity index (χ3v) is 5.20. The molecule has 2 heterocycles. The molecule has 1 aromatic rings. The summed E-state index contributed by atoms with van der Waals surface area (Å²) in [5.41, 5.74) is 2.32. The summed E-state index contributed by atoms with van der Waals surface area (Å²) in [4.78, 5) is 7.19. The lowest BCUT2D eigenvalue weighted by atomic mass is 10.1. The van der Waals surface area contributed by atoms with Gasteiger partial charge in [-0.15, -0.1) is 0 Å². The number of aliphatic imine (C=N–C) groups is 1. The molecule has 2 N–H and O–H groups in total. The van der Waals surface area contributed by atoms with Crippen LogP contribution in [0.1, 0.15) is 30.9 Å². The Hall–Kier alpha value is -1.79. The van der Waals surface area contributed by atoms with Gasteiger partial charge in [0.2, 0.25) is 0 Å². The molecule has 0 aromatic heterocycles. The molecule has 2 fully saturated rings. The fourth-order valence-corrected chi connectivity index (χ4v) is 3.63. The minimum Gasteiger partial charge on any atom is -0.488 e. The third-order valence-electron chi connectivity index (χ3n) is 5.20. The molecule has 0 bridgehead atoms.